The van der Waals surface area contributed by atoms with E-state index >= 15 is 0 Å². The summed E-state index contributed by atoms with van der Waals surface area (Å²) in [5, 5.41) is 13.8. The summed E-state index contributed by atoms with van der Waals surface area (Å²) in [5.74, 6) is 1.75. The number of nitrogens with one attached hydrogen (secondary N) is 1. The largest absolute Gasteiger partial charge is 0.478 e. The average Bonchev–Trinajstić information content (AvgIpc) is 3.23. The second-order valence-electron chi connectivity index (χ2n) is 8.17. The van der Waals surface area contributed by atoms with E-state index in [9.17, 15) is 9.90 Å². The molecule has 3 aliphatic rings. The fourth-order valence-electron chi connectivity index (χ4n) is 5.90. The number of anilines is 1. The molecule has 4 heteroatoms. The molecule has 2 aromatic rings. The molecule has 5 rings (SSSR count). The Hall–Kier alpha value is -2.00. The Bertz CT molecular complexity index is 892. The maximum absolute atomic E-state index is 11.2. The molecule has 2 N–H and O–H groups in total. The Morgan fingerprint density at radius 3 is 2.62 bits per heavy atom. The molecule has 0 radical (unpaired) electrons. The molecule has 1 heterocycles. The minimum absolute atomic E-state index is 0.241. The molecular formula is C22H22ClNO2. The maximum atomic E-state index is 11.2. The summed E-state index contributed by atoms with van der Waals surface area (Å²) < 4.78 is 0. The first-order chi connectivity index (χ1) is 12.5. The van der Waals surface area contributed by atoms with Gasteiger partial charge in [-0.25, -0.2) is 4.79 Å². The lowest BCUT2D eigenvalue weighted by Gasteiger charge is -2.44. The number of rotatable bonds is 2. The number of hydrogen-bond donors (Lipinski definition) is 2. The van der Waals surface area contributed by atoms with Crippen molar-refractivity contribution >= 4 is 23.3 Å². The lowest BCUT2D eigenvalue weighted by Crippen LogP contribution is -2.35. The third-order valence-electron chi connectivity index (χ3n) is 6.87. The van der Waals surface area contributed by atoms with Crippen molar-refractivity contribution < 1.29 is 9.90 Å². The minimum atomic E-state index is -0.873. The Balaban J connectivity index is 1.61. The van der Waals surface area contributed by atoms with E-state index in [0.29, 0.717) is 17.4 Å². The van der Waals surface area contributed by atoms with Gasteiger partial charge in [-0.15, -0.1) is 0 Å². The molecule has 26 heavy (non-hydrogen) atoms. The zero-order chi connectivity index (χ0) is 18.0. The van der Waals surface area contributed by atoms with Crippen LogP contribution in [0.2, 0.25) is 5.02 Å². The first kappa shape index (κ1) is 16.2. The lowest BCUT2D eigenvalue weighted by atomic mass is 9.67. The van der Waals surface area contributed by atoms with Gasteiger partial charge in [-0.3, -0.25) is 0 Å². The molecule has 2 bridgehead atoms. The molecular weight excluding hydrogens is 346 g/mol. The second kappa shape index (κ2) is 5.75. The number of benzene rings is 2. The predicted octanol–water partition coefficient (Wildman–Crippen LogP) is 5.64. The molecule has 0 spiro atoms. The topological polar surface area (TPSA) is 49.3 Å². The summed E-state index contributed by atoms with van der Waals surface area (Å²) in [4.78, 5) is 11.2. The fraction of sp³-hybridized carbons (Fsp3) is 0.409. The second-order valence-corrected chi connectivity index (χ2v) is 8.61. The van der Waals surface area contributed by atoms with Crippen LogP contribution in [0, 0.1) is 24.7 Å². The number of fused-ring (bicyclic) bond motifs is 7. The van der Waals surface area contributed by atoms with Crippen LogP contribution >= 0.6 is 11.6 Å². The normalized spacial score (nSPS) is 31.2. The monoisotopic (exact) mass is 367 g/mol. The number of carbonyl (C=O) groups is 1. The Kier molecular flexibility index (Phi) is 3.58. The summed E-state index contributed by atoms with van der Waals surface area (Å²) in [7, 11) is 0. The van der Waals surface area contributed by atoms with E-state index < -0.39 is 5.97 Å². The van der Waals surface area contributed by atoms with Crippen LogP contribution < -0.4 is 5.32 Å². The van der Waals surface area contributed by atoms with Gasteiger partial charge in [0.15, 0.2) is 0 Å². The molecule has 134 valence electrons. The van der Waals surface area contributed by atoms with Crippen LogP contribution in [0.5, 0.6) is 0 Å². The Morgan fingerprint density at radius 2 is 1.88 bits per heavy atom. The average molecular weight is 368 g/mol. The molecule has 2 aliphatic carbocycles. The summed E-state index contributed by atoms with van der Waals surface area (Å²) in [6, 6.07) is 11.9. The van der Waals surface area contributed by atoms with Crippen molar-refractivity contribution in [2.24, 2.45) is 17.8 Å². The van der Waals surface area contributed by atoms with Crippen molar-refractivity contribution in [2.45, 2.75) is 38.1 Å². The minimum Gasteiger partial charge on any atom is -0.478 e. The zero-order valence-corrected chi connectivity index (χ0v) is 15.5. The van der Waals surface area contributed by atoms with Crippen molar-refractivity contribution in [2.75, 3.05) is 5.32 Å². The number of carboxylic acid groups (broad SMARTS) is 1. The van der Waals surface area contributed by atoms with Crippen molar-refractivity contribution in [1.29, 1.82) is 0 Å². The van der Waals surface area contributed by atoms with Crippen LogP contribution in [0.25, 0.3) is 0 Å². The van der Waals surface area contributed by atoms with Crippen LogP contribution in [0.15, 0.2) is 36.4 Å². The van der Waals surface area contributed by atoms with Gasteiger partial charge < -0.3 is 10.4 Å². The molecule has 1 aliphatic heterocycles. The molecule has 0 unspecified atom stereocenters. The maximum Gasteiger partial charge on any atom is 0.335 e. The summed E-state index contributed by atoms with van der Waals surface area (Å²) in [6.45, 7) is 2.12. The lowest BCUT2D eigenvalue weighted by molar-refractivity contribution is 0.0697. The van der Waals surface area contributed by atoms with Gasteiger partial charge in [0.1, 0.15) is 0 Å². The molecule has 2 fully saturated rings. The Morgan fingerprint density at radius 1 is 1.15 bits per heavy atom. The molecule has 0 aromatic heterocycles. The number of carboxylic acids is 1. The summed E-state index contributed by atoms with van der Waals surface area (Å²) in [5.41, 5.74) is 5.36. The molecule has 2 aromatic carbocycles. The number of hydrogen-bond acceptors (Lipinski definition) is 2. The summed E-state index contributed by atoms with van der Waals surface area (Å²) in [6.07, 6.45) is 3.94. The van der Waals surface area contributed by atoms with Crippen LogP contribution in [0.1, 0.15) is 58.3 Å². The highest BCUT2D eigenvalue weighted by atomic mass is 35.5. The van der Waals surface area contributed by atoms with E-state index in [-0.39, 0.29) is 6.04 Å². The van der Waals surface area contributed by atoms with E-state index in [2.05, 4.69) is 18.3 Å². The van der Waals surface area contributed by atoms with Gasteiger partial charge in [0.05, 0.1) is 11.6 Å². The van der Waals surface area contributed by atoms with Gasteiger partial charge in [-0.05, 0) is 90.8 Å². The molecule has 2 saturated carbocycles. The van der Waals surface area contributed by atoms with E-state index in [1.165, 1.54) is 41.6 Å². The van der Waals surface area contributed by atoms with E-state index in [4.69, 9.17) is 11.6 Å². The van der Waals surface area contributed by atoms with Crippen molar-refractivity contribution in [3.8, 4) is 0 Å². The molecule has 5 atom stereocenters. The highest BCUT2D eigenvalue weighted by molar-refractivity contribution is 6.30. The molecule has 0 amide bonds. The fourth-order valence-corrected chi connectivity index (χ4v) is 6.18. The zero-order valence-electron chi connectivity index (χ0n) is 14.7. The first-order valence-corrected chi connectivity index (χ1v) is 9.80. The van der Waals surface area contributed by atoms with Crippen LogP contribution in [-0.4, -0.2) is 11.1 Å². The van der Waals surface area contributed by atoms with Crippen LogP contribution in [-0.2, 0) is 0 Å². The standard InChI is InChI=1S/C22H22ClNO2/c1-11-8-16(23)10-17-18-14-6-7-15(9-14)19(18)21(24-20(11)17)12-2-4-13(5-3-12)22(25)26/h2-5,8,10,14-15,18-19,21,24H,6-7,9H2,1H3,(H,25,26)/t14-,15-,18-,19-,21+/m0/s1. The van der Waals surface area contributed by atoms with E-state index in [1.807, 2.05) is 18.2 Å². The van der Waals surface area contributed by atoms with Gasteiger partial charge in [0, 0.05) is 10.7 Å². The van der Waals surface area contributed by atoms with Crippen molar-refractivity contribution in [3.63, 3.8) is 0 Å². The van der Waals surface area contributed by atoms with Gasteiger partial charge in [-0.2, -0.15) is 0 Å². The summed E-state index contributed by atoms with van der Waals surface area (Å²) >= 11 is 6.39. The quantitative estimate of drug-likeness (QED) is 0.721. The Labute approximate surface area is 158 Å². The van der Waals surface area contributed by atoms with Gasteiger partial charge in [-0.1, -0.05) is 23.7 Å². The number of aryl methyl sites for hydroxylation is 1. The molecule has 3 nitrogen and oxygen atoms in total. The third kappa shape index (κ3) is 2.30. The van der Waals surface area contributed by atoms with Gasteiger partial charge in [0.25, 0.3) is 0 Å². The first-order valence-electron chi connectivity index (χ1n) is 9.43. The van der Waals surface area contributed by atoms with Crippen LogP contribution in [0.4, 0.5) is 5.69 Å². The van der Waals surface area contributed by atoms with Crippen molar-refractivity contribution in [1.82, 2.24) is 0 Å². The molecule has 0 saturated heterocycles. The highest BCUT2D eigenvalue weighted by Crippen LogP contribution is 2.64. The van der Waals surface area contributed by atoms with Crippen LogP contribution in [0.3, 0.4) is 0 Å². The SMILES string of the molecule is Cc1cc(Cl)cc2c1N[C@H](c1ccc(C(=O)O)cc1)[C@H]1[C@H]3CC[C@@H](C3)[C@@H]21. The van der Waals surface area contributed by atoms with E-state index in [1.54, 1.807) is 12.1 Å². The smallest absolute Gasteiger partial charge is 0.335 e. The predicted molar refractivity (Wildman–Crippen MR) is 103 cm³/mol. The number of halogens is 1. The third-order valence-corrected chi connectivity index (χ3v) is 7.09. The van der Waals surface area contributed by atoms with E-state index in [0.717, 1.165) is 16.9 Å². The van der Waals surface area contributed by atoms with Gasteiger partial charge >= 0.3 is 5.97 Å². The van der Waals surface area contributed by atoms with Crippen molar-refractivity contribution in [3.05, 3.63) is 63.7 Å². The number of aromatic carboxylic acids is 1. The van der Waals surface area contributed by atoms with Gasteiger partial charge in [0.2, 0.25) is 0 Å². The highest BCUT2D eigenvalue weighted by Gasteiger charge is 2.54.